The lowest BCUT2D eigenvalue weighted by molar-refractivity contribution is -0.156. The number of H-pyrrole nitrogens is 1. The van der Waals surface area contributed by atoms with Gasteiger partial charge in [-0.2, -0.15) is 0 Å². The van der Waals surface area contributed by atoms with Crippen LogP contribution < -0.4 is 19.7 Å². The van der Waals surface area contributed by atoms with Crippen LogP contribution in [0.4, 0.5) is 5.69 Å². The van der Waals surface area contributed by atoms with Crippen LogP contribution in [-0.2, 0) is 19.2 Å². The molecule has 2 saturated carbocycles. The highest BCUT2D eigenvalue weighted by molar-refractivity contribution is 8.00. The molecule has 2 aliphatic heterocycles. The van der Waals surface area contributed by atoms with Crippen molar-refractivity contribution in [3.63, 3.8) is 0 Å². The number of fused-ring (bicyclic) bond motifs is 9. The Kier molecular flexibility index (Phi) is 8.39. The van der Waals surface area contributed by atoms with Crippen molar-refractivity contribution in [1.82, 2.24) is 9.88 Å². The number of nitrogens with one attached hydrogen (secondary N) is 2. The first-order valence-corrected chi connectivity index (χ1v) is 17.8. The Labute approximate surface area is 285 Å². The number of benzene rings is 2. The average Bonchev–Trinajstić information content (AvgIpc) is 3.78. The number of nitrogens with zero attached hydrogens (tertiary/aromatic N) is 1. The molecule has 7 unspecified atom stereocenters. The number of carboxylic acid groups (broad SMARTS) is 1. The number of hydrogen-bond acceptors (Lipinski definition) is 9. The molecule has 3 heterocycles. The van der Waals surface area contributed by atoms with E-state index in [1.807, 2.05) is 57.2 Å². The second-order valence-electron chi connectivity index (χ2n) is 13.6. The van der Waals surface area contributed by atoms with Crippen molar-refractivity contribution in [1.29, 1.82) is 0 Å². The lowest BCUT2D eigenvalue weighted by Gasteiger charge is -2.43. The first-order valence-electron chi connectivity index (χ1n) is 16.1. The monoisotopic (exact) mass is 691 g/mol. The molecule has 2 bridgehead atoms. The molecule has 3 amide bonds. The molecule has 3 aromatic rings. The highest BCUT2D eigenvalue weighted by Gasteiger charge is 2.70. The van der Waals surface area contributed by atoms with Crippen LogP contribution in [0.3, 0.4) is 0 Å². The Bertz CT molecular complexity index is 1850. The van der Waals surface area contributed by atoms with E-state index in [1.165, 1.54) is 7.11 Å². The van der Waals surface area contributed by atoms with Gasteiger partial charge in [0.25, 0.3) is 5.91 Å². The van der Waals surface area contributed by atoms with Crippen LogP contribution in [-0.4, -0.2) is 63.7 Å². The molecular formula is C35H37N3O8S2. The van der Waals surface area contributed by atoms with Crippen molar-refractivity contribution < 1.29 is 33.8 Å². The molecule has 48 heavy (non-hydrogen) atoms. The fourth-order valence-corrected chi connectivity index (χ4v) is 11.3. The Morgan fingerprint density at radius 1 is 1.04 bits per heavy atom. The van der Waals surface area contributed by atoms with Crippen molar-refractivity contribution in [2.45, 2.75) is 55.8 Å². The Hall–Kier alpha value is -4.10. The van der Waals surface area contributed by atoms with Gasteiger partial charge in [0.05, 0.1) is 24.0 Å². The minimum atomic E-state index is -1.19. The van der Waals surface area contributed by atoms with Gasteiger partial charge in [0.1, 0.15) is 6.04 Å². The summed E-state index contributed by atoms with van der Waals surface area (Å²) in [5, 5.41) is 13.6. The molecule has 4 aliphatic rings. The maximum Gasteiger partial charge on any atom is 0.326 e. The number of amides is 3. The number of ether oxygens (including phenoxy) is 2. The highest BCUT2D eigenvalue weighted by Crippen LogP contribution is 2.68. The van der Waals surface area contributed by atoms with Crippen molar-refractivity contribution in [2.24, 2.45) is 35.5 Å². The number of imide groups is 1. The number of aliphatic carboxylic acids is 1. The van der Waals surface area contributed by atoms with Gasteiger partial charge in [-0.1, -0.05) is 48.9 Å². The molecule has 11 nitrogen and oxygen atoms in total. The highest BCUT2D eigenvalue weighted by atomic mass is 32.2. The van der Waals surface area contributed by atoms with Crippen LogP contribution in [0, 0.1) is 42.4 Å². The number of carboxylic acids is 1. The second kappa shape index (κ2) is 12.4. The van der Waals surface area contributed by atoms with Crippen LogP contribution >= 0.6 is 23.1 Å². The number of likely N-dealkylation sites (tertiary alicyclic amines) is 1. The molecular weight excluding hydrogens is 655 g/mol. The van der Waals surface area contributed by atoms with Gasteiger partial charge in [-0.15, -0.1) is 11.8 Å². The van der Waals surface area contributed by atoms with Gasteiger partial charge >= 0.3 is 10.8 Å². The van der Waals surface area contributed by atoms with E-state index in [0.29, 0.717) is 23.6 Å². The number of aryl methyl sites for hydroxylation is 1. The van der Waals surface area contributed by atoms with Crippen molar-refractivity contribution in [2.75, 3.05) is 19.0 Å². The van der Waals surface area contributed by atoms with E-state index in [0.717, 1.165) is 37.3 Å². The van der Waals surface area contributed by atoms with Crippen molar-refractivity contribution in [3.8, 4) is 11.5 Å². The molecule has 0 spiro atoms. The summed E-state index contributed by atoms with van der Waals surface area (Å²) in [5.74, 6) is -3.21. The lowest BCUT2D eigenvalue weighted by atomic mass is 9.68. The summed E-state index contributed by atoms with van der Waals surface area (Å²) in [5.41, 5.74) is 2.62. The summed E-state index contributed by atoms with van der Waals surface area (Å²) < 4.78 is 11.6. The molecule has 0 radical (unpaired) electrons. The number of thioether (sulfide) groups is 1. The minimum Gasteiger partial charge on any atom is -0.493 e. The third kappa shape index (κ3) is 5.40. The number of hydrogen-bond donors (Lipinski definition) is 3. The summed E-state index contributed by atoms with van der Waals surface area (Å²) in [7, 11) is 1.52. The molecule has 3 fully saturated rings. The predicted molar refractivity (Wildman–Crippen MR) is 180 cm³/mol. The van der Waals surface area contributed by atoms with Crippen LogP contribution in [0.5, 0.6) is 11.5 Å². The molecule has 1 saturated heterocycles. The van der Waals surface area contributed by atoms with Crippen LogP contribution in [0.15, 0.2) is 52.3 Å². The van der Waals surface area contributed by atoms with Crippen LogP contribution in [0.1, 0.15) is 48.6 Å². The SMILES string of the molecule is COc1cc([C@H]2c3sc(=O)[nH]c3SC3C4CC(C5C(=O)N(C(CC(C)C)C(=O)O)C(=O)C45)C32)ccc1OCC(=O)Nc1ccc(C)cc1. The van der Waals surface area contributed by atoms with Crippen molar-refractivity contribution >= 4 is 52.5 Å². The van der Waals surface area contributed by atoms with Gasteiger partial charge in [0, 0.05) is 21.7 Å². The number of thiazole rings is 1. The van der Waals surface area contributed by atoms with Gasteiger partial charge in [-0.05, 0) is 73.3 Å². The number of anilines is 1. The number of aromatic amines is 1. The Balaban J connectivity index is 1.18. The maximum atomic E-state index is 14.0. The number of carbonyl (C=O) groups is 4. The quantitative estimate of drug-likeness (QED) is 0.256. The first kappa shape index (κ1) is 32.4. The summed E-state index contributed by atoms with van der Waals surface area (Å²) >= 11 is 2.72. The van der Waals surface area contributed by atoms with E-state index in [4.69, 9.17) is 9.47 Å². The largest absolute Gasteiger partial charge is 0.493 e. The van der Waals surface area contributed by atoms with E-state index < -0.39 is 23.8 Å². The molecule has 2 aromatic carbocycles. The number of aromatic nitrogens is 1. The molecule has 2 aliphatic carbocycles. The zero-order valence-corrected chi connectivity index (χ0v) is 28.6. The zero-order valence-electron chi connectivity index (χ0n) is 26.9. The number of methoxy groups -OCH3 is 1. The third-order valence-electron chi connectivity index (χ3n) is 10.3. The van der Waals surface area contributed by atoms with E-state index in [1.54, 1.807) is 17.8 Å². The van der Waals surface area contributed by atoms with Gasteiger partial charge in [0.15, 0.2) is 18.1 Å². The van der Waals surface area contributed by atoms with Gasteiger partial charge in [-0.3, -0.25) is 24.1 Å². The summed E-state index contributed by atoms with van der Waals surface area (Å²) in [6.45, 7) is 5.50. The predicted octanol–water partition coefficient (Wildman–Crippen LogP) is 4.74. The van der Waals surface area contributed by atoms with E-state index >= 15 is 0 Å². The normalized spacial score (nSPS) is 27.4. The van der Waals surface area contributed by atoms with Crippen LogP contribution in [0.25, 0.3) is 0 Å². The van der Waals surface area contributed by atoms with E-state index in [-0.39, 0.29) is 70.5 Å². The van der Waals surface area contributed by atoms with E-state index in [2.05, 4.69) is 10.3 Å². The molecule has 7 rings (SSSR count). The Morgan fingerprint density at radius 3 is 2.42 bits per heavy atom. The zero-order chi connectivity index (χ0) is 34.0. The second-order valence-corrected chi connectivity index (χ2v) is 15.8. The topological polar surface area (TPSA) is 155 Å². The average molecular weight is 692 g/mol. The Morgan fingerprint density at radius 2 is 1.75 bits per heavy atom. The molecule has 1 aromatic heterocycles. The molecule has 13 heteroatoms. The third-order valence-corrected chi connectivity index (χ3v) is 12.9. The van der Waals surface area contributed by atoms with Crippen molar-refractivity contribution in [3.05, 3.63) is 68.1 Å². The molecule has 8 atom stereocenters. The minimum absolute atomic E-state index is 0.0105. The summed E-state index contributed by atoms with van der Waals surface area (Å²) in [6.07, 6.45) is 0.890. The van der Waals surface area contributed by atoms with Gasteiger partial charge in [0.2, 0.25) is 11.8 Å². The first-order chi connectivity index (χ1) is 23.0. The summed E-state index contributed by atoms with van der Waals surface area (Å²) in [4.78, 5) is 70.2. The fraction of sp³-hybridized carbons (Fsp3) is 0.457. The lowest BCUT2D eigenvalue weighted by Crippen LogP contribution is -2.47. The molecule has 252 valence electrons. The standard InChI is InChI=1S/C35H37N3O8S2/c1-15(2)11-21(34(42)43)38-32(40)27-19-13-20(28(27)33(38)41)29-26(19)25(30-31(47-29)37-35(44)48-30)17-7-10-22(23(12-17)45-4)46-14-24(39)36-18-8-5-16(3)6-9-18/h5-10,12,15,19-21,25-29H,11,13-14H2,1-4H3,(H,36,39)(H,37,44)(H,42,43)/t19?,20?,21?,25-,26?,27?,28?,29?/m1/s1. The van der Waals surface area contributed by atoms with Gasteiger partial charge in [-0.25, -0.2) is 4.79 Å². The summed E-state index contributed by atoms with van der Waals surface area (Å²) in [6, 6.07) is 11.8. The van der Waals surface area contributed by atoms with E-state index in [9.17, 15) is 29.1 Å². The maximum absolute atomic E-state index is 14.0. The van der Waals surface area contributed by atoms with Crippen LogP contribution in [0.2, 0.25) is 0 Å². The smallest absolute Gasteiger partial charge is 0.326 e. The molecule has 3 N–H and O–H groups in total. The van der Waals surface area contributed by atoms with Gasteiger partial charge < -0.3 is 24.9 Å². The fourth-order valence-electron chi connectivity index (χ4n) is 8.46. The number of rotatable bonds is 10. The number of carbonyl (C=O) groups excluding carboxylic acids is 3.